The molecule has 98 valence electrons. The lowest BCUT2D eigenvalue weighted by Gasteiger charge is -2.05. The Morgan fingerprint density at radius 1 is 1.29 bits per heavy atom. The highest BCUT2D eigenvalue weighted by molar-refractivity contribution is 7.11. The predicted molar refractivity (Wildman–Crippen MR) is 75.5 cm³/mol. The van der Waals surface area contributed by atoms with E-state index in [2.05, 4.69) is 38.2 Å². The second-order valence-electron chi connectivity index (χ2n) is 4.60. The minimum atomic E-state index is 0.951. The largest absolute Gasteiger partial charge is 0.312 e. The third-order valence-corrected chi connectivity index (χ3v) is 3.68. The molecule has 17 heavy (non-hydrogen) atoms. The first-order valence-corrected chi connectivity index (χ1v) is 7.31. The molecule has 1 aromatic heterocycles. The molecule has 3 nitrogen and oxygen atoms in total. The molecule has 0 atom stereocenters. The molecular formula is C13H25N3S. The summed E-state index contributed by atoms with van der Waals surface area (Å²) in [5, 5.41) is 4.74. The Balaban J connectivity index is 2.53. The van der Waals surface area contributed by atoms with Gasteiger partial charge in [0, 0.05) is 18.0 Å². The number of nitrogens with zero attached hydrogens (tertiary/aromatic N) is 2. The highest BCUT2D eigenvalue weighted by Gasteiger charge is 2.09. The predicted octanol–water partition coefficient (Wildman–Crippen LogP) is 2.66. The first-order chi connectivity index (χ1) is 8.17. The first-order valence-electron chi connectivity index (χ1n) is 6.50. The number of hydrogen-bond acceptors (Lipinski definition) is 4. The molecule has 0 saturated heterocycles. The molecular weight excluding hydrogens is 230 g/mol. The zero-order chi connectivity index (χ0) is 12.7. The molecule has 0 unspecified atom stereocenters. The molecule has 1 aromatic rings. The van der Waals surface area contributed by atoms with Crippen LogP contribution in [0.2, 0.25) is 0 Å². The topological polar surface area (TPSA) is 28.2 Å². The monoisotopic (exact) mass is 255 g/mol. The van der Waals surface area contributed by atoms with Gasteiger partial charge in [-0.05, 0) is 33.5 Å². The molecule has 0 aliphatic rings. The molecule has 0 bridgehead atoms. The number of rotatable bonds is 8. The number of aryl methyl sites for hydroxylation is 1. The quantitative estimate of drug-likeness (QED) is 0.724. The minimum absolute atomic E-state index is 0.951. The van der Waals surface area contributed by atoms with Crippen molar-refractivity contribution in [3.8, 4) is 0 Å². The molecule has 0 aromatic carbocycles. The average Bonchev–Trinajstić information content (AvgIpc) is 2.66. The van der Waals surface area contributed by atoms with Crippen molar-refractivity contribution in [2.24, 2.45) is 0 Å². The van der Waals surface area contributed by atoms with Gasteiger partial charge in [-0.2, -0.15) is 0 Å². The van der Waals surface area contributed by atoms with Crippen molar-refractivity contribution >= 4 is 11.3 Å². The zero-order valence-corrected chi connectivity index (χ0v) is 12.4. The van der Waals surface area contributed by atoms with Crippen molar-refractivity contribution in [2.75, 3.05) is 20.6 Å². The second-order valence-corrected chi connectivity index (χ2v) is 5.77. The number of thiazole rings is 1. The lowest BCUT2D eigenvalue weighted by Crippen LogP contribution is -2.14. The van der Waals surface area contributed by atoms with E-state index in [1.807, 2.05) is 11.3 Å². The van der Waals surface area contributed by atoms with Crippen LogP contribution in [0.15, 0.2) is 0 Å². The van der Waals surface area contributed by atoms with Crippen LogP contribution in [0.1, 0.15) is 42.3 Å². The van der Waals surface area contributed by atoms with E-state index in [-0.39, 0.29) is 0 Å². The van der Waals surface area contributed by atoms with Crippen molar-refractivity contribution in [2.45, 2.75) is 46.2 Å². The molecule has 0 aliphatic carbocycles. The summed E-state index contributed by atoms with van der Waals surface area (Å²) in [6.45, 7) is 7.45. The van der Waals surface area contributed by atoms with E-state index in [1.54, 1.807) is 0 Å². The Bertz CT molecular complexity index is 320. The van der Waals surface area contributed by atoms with Crippen LogP contribution in [0.5, 0.6) is 0 Å². The van der Waals surface area contributed by atoms with Gasteiger partial charge in [0.2, 0.25) is 0 Å². The summed E-state index contributed by atoms with van der Waals surface area (Å²) >= 11 is 1.86. The van der Waals surface area contributed by atoms with Crippen LogP contribution in [0.4, 0.5) is 0 Å². The Morgan fingerprint density at radius 3 is 2.65 bits per heavy atom. The fourth-order valence-electron chi connectivity index (χ4n) is 1.69. The summed E-state index contributed by atoms with van der Waals surface area (Å²) in [5.41, 5.74) is 1.27. The minimum Gasteiger partial charge on any atom is -0.312 e. The Morgan fingerprint density at radius 2 is 2.06 bits per heavy atom. The van der Waals surface area contributed by atoms with Gasteiger partial charge >= 0.3 is 0 Å². The number of nitrogens with one attached hydrogen (secondary N) is 1. The molecule has 0 spiro atoms. The molecule has 1 N–H and O–H groups in total. The van der Waals surface area contributed by atoms with E-state index in [9.17, 15) is 0 Å². The maximum atomic E-state index is 4.70. The van der Waals surface area contributed by atoms with E-state index in [0.29, 0.717) is 0 Å². The van der Waals surface area contributed by atoms with Crippen LogP contribution in [0, 0.1) is 0 Å². The molecule has 1 rings (SSSR count). The molecule has 0 saturated carbocycles. The third-order valence-electron chi connectivity index (χ3n) is 2.60. The summed E-state index contributed by atoms with van der Waals surface area (Å²) in [7, 11) is 4.18. The van der Waals surface area contributed by atoms with E-state index in [4.69, 9.17) is 4.98 Å². The van der Waals surface area contributed by atoms with Gasteiger partial charge in [-0.1, -0.05) is 20.3 Å². The third kappa shape index (κ3) is 5.15. The fraction of sp³-hybridized carbons (Fsp3) is 0.769. The van der Waals surface area contributed by atoms with Gasteiger partial charge in [0.15, 0.2) is 0 Å². The summed E-state index contributed by atoms with van der Waals surface area (Å²) in [6, 6.07) is 0. The van der Waals surface area contributed by atoms with Crippen molar-refractivity contribution in [1.29, 1.82) is 0 Å². The van der Waals surface area contributed by atoms with Gasteiger partial charge < -0.3 is 10.2 Å². The van der Waals surface area contributed by atoms with E-state index in [0.717, 1.165) is 26.1 Å². The SMILES string of the molecule is CCCCNCc1sc(CN(C)C)nc1CC. The molecule has 0 radical (unpaired) electrons. The maximum Gasteiger partial charge on any atom is 0.107 e. The van der Waals surface area contributed by atoms with E-state index >= 15 is 0 Å². The lowest BCUT2D eigenvalue weighted by molar-refractivity contribution is 0.401. The molecule has 1 heterocycles. The summed E-state index contributed by atoms with van der Waals surface area (Å²) in [5.74, 6) is 0. The Labute approximate surface area is 109 Å². The maximum absolute atomic E-state index is 4.70. The average molecular weight is 255 g/mol. The highest BCUT2D eigenvalue weighted by Crippen LogP contribution is 2.20. The van der Waals surface area contributed by atoms with Crippen LogP contribution < -0.4 is 5.32 Å². The smallest absolute Gasteiger partial charge is 0.107 e. The van der Waals surface area contributed by atoms with Crippen molar-refractivity contribution in [3.05, 3.63) is 15.6 Å². The van der Waals surface area contributed by atoms with Crippen molar-refractivity contribution in [3.63, 3.8) is 0 Å². The van der Waals surface area contributed by atoms with Crippen LogP contribution in [0.3, 0.4) is 0 Å². The van der Waals surface area contributed by atoms with Crippen LogP contribution in [-0.4, -0.2) is 30.5 Å². The van der Waals surface area contributed by atoms with Crippen LogP contribution in [0.25, 0.3) is 0 Å². The van der Waals surface area contributed by atoms with E-state index < -0.39 is 0 Å². The summed E-state index contributed by atoms with van der Waals surface area (Å²) in [4.78, 5) is 8.29. The van der Waals surface area contributed by atoms with Gasteiger partial charge in [0.1, 0.15) is 5.01 Å². The fourth-order valence-corrected chi connectivity index (χ4v) is 2.94. The van der Waals surface area contributed by atoms with Gasteiger partial charge in [-0.15, -0.1) is 11.3 Å². The molecule has 0 aliphatic heterocycles. The van der Waals surface area contributed by atoms with Gasteiger partial charge in [-0.25, -0.2) is 4.98 Å². The molecule has 0 amide bonds. The lowest BCUT2D eigenvalue weighted by atomic mass is 10.3. The van der Waals surface area contributed by atoms with Gasteiger partial charge in [0.05, 0.1) is 5.69 Å². The number of hydrogen-bond donors (Lipinski definition) is 1. The zero-order valence-electron chi connectivity index (χ0n) is 11.5. The van der Waals surface area contributed by atoms with Crippen LogP contribution in [-0.2, 0) is 19.5 Å². The standard InChI is InChI=1S/C13H25N3S/c1-5-7-8-14-9-12-11(6-2)15-13(17-12)10-16(3)4/h14H,5-10H2,1-4H3. The number of unbranched alkanes of at least 4 members (excludes halogenated alkanes) is 1. The summed E-state index contributed by atoms with van der Waals surface area (Å²) in [6.07, 6.45) is 3.54. The Hall–Kier alpha value is -0.450. The molecule has 0 fully saturated rings. The summed E-state index contributed by atoms with van der Waals surface area (Å²) < 4.78 is 0. The van der Waals surface area contributed by atoms with Crippen molar-refractivity contribution < 1.29 is 0 Å². The number of aromatic nitrogens is 1. The highest BCUT2D eigenvalue weighted by atomic mass is 32.1. The first kappa shape index (κ1) is 14.6. The Kier molecular flexibility index (Phi) is 6.70. The normalized spacial score (nSPS) is 11.4. The van der Waals surface area contributed by atoms with Crippen LogP contribution >= 0.6 is 11.3 Å². The van der Waals surface area contributed by atoms with Gasteiger partial charge in [0.25, 0.3) is 0 Å². The van der Waals surface area contributed by atoms with Gasteiger partial charge in [-0.3, -0.25) is 0 Å². The van der Waals surface area contributed by atoms with Crippen molar-refractivity contribution in [1.82, 2.24) is 15.2 Å². The van der Waals surface area contributed by atoms with E-state index in [1.165, 1.54) is 28.4 Å². The molecule has 4 heteroatoms. The second kappa shape index (κ2) is 7.80.